The van der Waals surface area contributed by atoms with Crippen molar-refractivity contribution in [3.63, 3.8) is 0 Å². The van der Waals surface area contributed by atoms with Gasteiger partial charge in [0.15, 0.2) is 0 Å². The molecule has 0 saturated carbocycles. The van der Waals surface area contributed by atoms with Crippen LogP contribution in [0.25, 0.3) is 10.9 Å². The molecular formula is C22H20FN3O. The zero-order chi connectivity index (χ0) is 18.4. The van der Waals surface area contributed by atoms with Crippen LogP contribution in [0.5, 0.6) is 0 Å². The smallest absolute Gasteiger partial charge is 0.257 e. The number of hydrogen-bond acceptors (Lipinski definition) is 2. The van der Waals surface area contributed by atoms with Crippen molar-refractivity contribution in [2.45, 2.75) is 6.42 Å². The van der Waals surface area contributed by atoms with Gasteiger partial charge in [0, 0.05) is 43.3 Å². The highest BCUT2D eigenvalue weighted by atomic mass is 19.1. The van der Waals surface area contributed by atoms with Gasteiger partial charge in [-0.2, -0.15) is 0 Å². The van der Waals surface area contributed by atoms with Crippen LogP contribution in [0.1, 0.15) is 21.5 Å². The second-order valence-corrected chi connectivity index (χ2v) is 7.32. The van der Waals surface area contributed by atoms with E-state index in [-0.39, 0.29) is 11.5 Å². The van der Waals surface area contributed by atoms with Gasteiger partial charge in [-0.05, 0) is 53.0 Å². The number of amides is 1. The van der Waals surface area contributed by atoms with E-state index in [0.717, 1.165) is 35.1 Å². The van der Waals surface area contributed by atoms with Crippen molar-refractivity contribution in [1.29, 1.82) is 0 Å². The van der Waals surface area contributed by atoms with Gasteiger partial charge in [0.1, 0.15) is 5.82 Å². The molecule has 0 fully saturated rings. The van der Waals surface area contributed by atoms with Crippen molar-refractivity contribution in [1.82, 2.24) is 15.2 Å². The summed E-state index contributed by atoms with van der Waals surface area (Å²) in [5.74, 6) is -0.669. The first kappa shape index (κ1) is 16.3. The SMILES string of the molecule is O=C(c1cc(Cc2cccc3[nH]ccc23)ccc1F)N1CC2=C(CNC2)C1. The third-order valence-electron chi connectivity index (χ3n) is 5.57. The van der Waals surface area contributed by atoms with Crippen LogP contribution < -0.4 is 5.32 Å². The molecular weight excluding hydrogens is 341 g/mol. The van der Waals surface area contributed by atoms with Gasteiger partial charge in [-0.1, -0.05) is 18.2 Å². The highest BCUT2D eigenvalue weighted by Gasteiger charge is 2.30. The lowest BCUT2D eigenvalue weighted by Crippen LogP contribution is -2.33. The Kier molecular flexibility index (Phi) is 3.83. The Morgan fingerprint density at radius 1 is 1.07 bits per heavy atom. The Morgan fingerprint density at radius 3 is 2.70 bits per heavy atom. The molecule has 0 bridgehead atoms. The van der Waals surface area contributed by atoms with Crippen molar-refractivity contribution in [3.8, 4) is 0 Å². The van der Waals surface area contributed by atoms with Crippen molar-refractivity contribution in [2.24, 2.45) is 0 Å². The molecule has 0 aliphatic carbocycles. The summed E-state index contributed by atoms with van der Waals surface area (Å²) in [6.45, 7) is 2.88. The Balaban J connectivity index is 1.41. The second-order valence-electron chi connectivity index (χ2n) is 7.32. The Bertz CT molecular complexity index is 1070. The van der Waals surface area contributed by atoms with Gasteiger partial charge in [-0.3, -0.25) is 4.79 Å². The molecule has 1 amide bonds. The molecule has 0 saturated heterocycles. The van der Waals surface area contributed by atoms with E-state index in [0.29, 0.717) is 19.5 Å². The van der Waals surface area contributed by atoms with Gasteiger partial charge in [-0.15, -0.1) is 0 Å². The van der Waals surface area contributed by atoms with Gasteiger partial charge in [0.25, 0.3) is 5.91 Å². The molecule has 0 unspecified atom stereocenters. The molecule has 27 heavy (non-hydrogen) atoms. The number of rotatable bonds is 3. The lowest BCUT2D eigenvalue weighted by Gasteiger charge is -2.19. The maximum atomic E-state index is 14.4. The minimum absolute atomic E-state index is 0.169. The molecule has 1 aromatic heterocycles. The van der Waals surface area contributed by atoms with Crippen molar-refractivity contribution < 1.29 is 9.18 Å². The number of carbonyl (C=O) groups excluding carboxylic acids is 1. The van der Waals surface area contributed by atoms with E-state index in [9.17, 15) is 9.18 Å². The summed E-state index contributed by atoms with van der Waals surface area (Å²) >= 11 is 0. The van der Waals surface area contributed by atoms with Crippen LogP contribution in [0.15, 0.2) is 59.8 Å². The average molecular weight is 361 g/mol. The average Bonchev–Trinajstić information content (AvgIpc) is 3.38. The van der Waals surface area contributed by atoms with Crippen LogP contribution in [0.2, 0.25) is 0 Å². The molecule has 5 heteroatoms. The molecule has 3 heterocycles. The van der Waals surface area contributed by atoms with E-state index >= 15 is 0 Å². The summed E-state index contributed by atoms with van der Waals surface area (Å²) in [5.41, 5.74) is 5.90. The summed E-state index contributed by atoms with van der Waals surface area (Å²) in [6.07, 6.45) is 2.58. The zero-order valence-corrected chi connectivity index (χ0v) is 14.9. The van der Waals surface area contributed by atoms with E-state index in [2.05, 4.69) is 16.4 Å². The van der Waals surface area contributed by atoms with Crippen LogP contribution in [0.3, 0.4) is 0 Å². The first-order chi connectivity index (χ1) is 13.2. The number of nitrogens with zero attached hydrogens (tertiary/aromatic N) is 1. The van der Waals surface area contributed by atoms with E-state index in [4.69, 9.17) is 0 Å². The Hall–Kier alpha value is -2.92. The van der Waals surface area contributed by atoms with Crippen LogP contribution in [0.4, 0.5) is 4.39 Å². The van der Waals surface area contributed by atoms with Gasteiger partial charge >= 0.3 is 0 Å². The van der Waals surface area contributed by atoms with Crippen LogP contribution >= 0.6 is 0 Å². The maximum Gasteiger partial charge on any atom is 0.257 e. The van der Waals surface area contributed by atoms with Crippen molar-refractivity contribution in [3.05, 3.63) is 82.3 Å². The molecule has 2 N–H and O–H groups in total. The van der Waals surface area contributed by atoms with E-state index in [1.54, 1.807) is 17.0 Å². The van der Waals surface area contributed by atoms with Crippen LogP contribution in [0, 0.1) is 5.82 Å². The number of carbonyl (C=O) groups is 1. The lowest BCUT2D eigenvalue weighted by molar-refractivity contribution is 0.0789. The molecule has 2 aromatic carbocycles. The zero-order valence-electron chi connectivity index (χ0n) is 14.9. The molecule has 5 rings (SSSR count). The quantitative estimate of drug-likeness (QED) is 0.704. The topological polar surface area (TPSA) is 48.1 Å². The fourth-order valence-corrected chi connectivity index (χ4v) is 4.15. The number of nitrogens with one attached hydrogen (secondary N) is 2. The third kappa shape index (κ3) is 2.84. The van der Waals surface area contributed by atoms with Gasteiger partial charge in [0.05, 0.1) is 5.56 Å². The summed E-state index contributed by atoms with van der Waals surface area (Å²) < 4.78 is 14.4. The number of fused-ring (bicyclic) bond motifs is 1. The van der Waals surface area contributed by atoms with E-state index in [1.165, 1.54) is 17.2 Å². The molecule has 0 radical (unpaired) electrons. The predicted octanol–water partition coefficient (Wildman–Crippen LogP) is 3.25. The normalized spacial score (nSPS) is 16.4. The molecule has 2 aliphatic heterocycles. The predicted molar refractivity (Wildman–Crippen MR) is 103 cm³/mol. The number of halogens is 1. The van der Waals surface area contributed by atoms with Gasteiger partial charge in [0.2, 0.25) is 0 Å². The lowest BCUT2D eigenvalue weighted by atomic mass is 9.99. The monoisotopic (exact) mass is 361 g/mol. The highest BCUT2D eigenvalue weighted by Crippen LogP contribution is 2.25. The van der Waals surface area contributed by atoms with E-state index in [1.807, 2.05) is 24.4 Å². The standard InChI is InChI=1S/C22H20FN3O/c23-20-5-4-14(8-15-2-1-3-21-18(15)6-7-25-21)9-19(20)22(27)26-12-16-10-24-11-17(16)13-26/h1-7,9,24-25H,8,10-13H2. The maximum absolute atomic E-state index is 14.4. The first-order valence-electron chi connectivity index (χ1n) is 9.22. The largest absolute Gasteiger partial charge is 0.361 e. The summed E-state index contributed by atoms with van der Waals surface area (Å²) in [7, 11) is 0. The van der Waals surface area contributed by atoms with Crippen LogP contribution in [-0.2, 0) is 6.42 Å². The molecule has 0 atom stereocenters. The Labute approximate surface area is 156 Å². The second kappa shape index (κ2) is 6.35. The fourth-order valence-electron chi connectivity index (χ4n) is 4.15. The number of aromatic nitrogens is 1. The minimum atomic E-state index is -0.450. The molecule has 136 valence electrons. The fraction of sp³-hybridized carbons (Fsp3) is 0.227. The number of H-pyrrole nitrogens is 1. The number of hydrogen-bond donors (Lipinski definition) is 2. The number of benzene rings is 2. The molecule has 0 spiro atoms. The Morgan fingerprint density at radius 2 is 1.89 bits per heavy atom. The van der Waals surface area contributed by atoms with Gasteiger partial charge in [-0.25, -0.2) is 4.39 Å². The third-order valence-corrected chi connectivity index (χ3v) is 5.57. The molecule has 4 nitrogen and oxygen atoms in total. The highest BCUT2D eigenvalue weighted by molar-refractivity contribution is 5.95. The van der Waals surface area contributed by atoms with Crippen molar-refractivity contribution >= 4 is 16.8 Å². The summed E-state index contributed by atoms with van der Waals surface area (Å²) in [4.78, 5) is 17.9. The molecule has 3 aromatic rings. The van der Waals surface area contributed by atoms with Crippen LogP contribution in [-0.4, -0.2) is 42.0 Å². The van der Waals surface area contributed by atoms with Crippen molar-refractivity contribution in [2.75, 3.05) is 26.2 Å². The summed E-state index contributed by atoms with van der Waals surface area (Å²) in [5, 5.41) is 4.45. The molecule has 2 aliphatic rings. The van der Waals surface area contributed by atoms with Gasteiger partial charge < -0.3 is 15.2 Å². The first-order valence-corrected chi connectivity index (χ1v) is 9.22. The minimum Gasteiger partial charge on any atom is -0.361 e. The number of aromatic amines is 1. The van der Waals surface area contributed by atoms with E-state index < -0.39 is 5.82 Å². The summed E-state index contributed by atoms with van der Waals surface area (Å²) in [6, 6.07) is 13.1.